The van der Waals surface area contributed by atoms with Gasteiger partial charge in [-0.25, -0.2) is 8.78 Å². The predicted octanol–water partition coefficient (Wildman–Crippen LogP) is 4.16. The zero-order valence-electron chi connectivity index (χ0n) is 8.55. The van der Waals surface area contributed by atoms with Gasteiger partial charge in [0, 0.05) is 11.1 Å². The zero-order chi connectivity index (χ0) is 12.4. The van der Waals surface area contributed by atoms with Crippen LogP contribution in [0.15, 0.2) is 36.4 Å². The van der Waals surface area contributed by atoms with Crippen molar-refractivity contribution in [3.8, 4) is 17.2 Å². The summed E-state index contributed by atoms with van der Waals surface area (Å²) in [6.07, 6.45) is 0. The summed E-state index contributed by atoms with van der Waals surface area (Å²) in [6.45, 7) is 0. The van der Waals surface area contributed by atoms with Crippen LogP contribution in [-0.4, -0.2) is 0 Å². The molecule has 2 aromatic rings. The molecule has 17 heavy (non-hydrogen) atoms. The number of nitrogens with zero attached hydrogens (tertiary/aromatic N) is 1. The van der Waals surface area contributed by atoms with Crippen LogP contribution < -0.4 is 0 Å². The predicted molar refractivity (Wildman–Crippen MR) is 61.5 cm³/mol. The van der Waals surface area contributed by atoms with E-state index >= 15 is 0 Å². The maximum Gasteiger partial charge on any atom is 0.149 e. The standard InChI is InChI=1S/C13H6ClF2N/c14-12-3-1-2-10(13(12)16)11-6-9(15)5-4-8(11)7-17/h1-6H. The van der Waals surface area contributed by atoms with Crippen molar-refractivity contribution >= 4 is 11.6 Å². The summed E-state index contributed by atoms with van der Waals surface area (Å²) in [5.41, 5.74) is 0.522. The molecule has 84 valence electrons. The van der Waals surface area contributed by atoms with Crippen LogP contribution in [0.5, 0.6) is 0 Å². The van der Waals surface area contributed by atoms with Crippen LogP contribution >= 0.6 is 11.6 Å². The van der Waals surface area contributed by atoms with E-state index in [1.807, 2.05) is 6.07 Å². The van der Waals surface area contributed by atoms with E-state index in [9.17, 15) is 8.78 Å². The second kappa shape index (κ2) is 4.52. The van der Waals surface area contributed by atoms with E-state index in [2.05, 4.69) is 0 Å². The fourth-order valence-corrected chi connectivity index (χ4v) is 1.72. The van der Waals surface area contributed by atoms with E-state index in [1.54, 1.807) is 6.07 Å². The molecule has 0 aliphatic heterocycles. The minimum Gasteiger partial charge on any atom is -0.207 e. The van der Waals surface area contributed by atoms with Gasteiger partial charge in [0.25, 0.3) is 0 Å². The highest BCUT2D eigenvalue weighted by molar-refractivity contribution is 6.31. The highest BCUT2D eigenvalue weighted by Crippen LogP contribution is 2.30. The molecule has 0 atom stereocenters. The van der Waals surface area contributed by atoms with Gasteiger partial charge >= 0.3 is 0 Å². The minimum atomic E-state index is -0.656. The monoisotopic (exact) mass is 249 g/mol. The van der Waals surface area contributed by atoms with Crippen molar-refractivity contribution in [2.24, 2.45) is 0 Å². The molecule has 4 heteroatoms. The van der Waals surface area contributed by atoms with E-state index in [0.29, 0.717) is 0 Å². The molecule has 0 radical (unpaired) electrons. The number of hydrogen-bond donors (Lipinski definition) is 0. The molecule has 0 N–H and O–H groups in total. The van der Waals surface area contributed by atoms with Crippen molar-refractivity contribution < 1.29 is 8.78 Å². The van der Waals surface area contributed by atoms with E-state index in [-0.39, 0.29) is 21.7 Å². The third-order valence-electron chi connectivity index (χ3n) is 2.34. The molecule has 0 fully saturated rings. The van der Waals surface area contributed by atoms with Crippen LogP contribution in [0, 0.1) is 23.0 Å². The van der Waals surface area contributed by atoms with E-state index in [1.165, 1.54) is 18.2 Å². The summed E-state index contributed by atoms with van der Waals surface area (Å²) in [5.74, 6) is -1.19. The average Bonchev–Trinajstić information content (AvgIpc) is 2.33. The fourth-order valence-electron chi connectivity index (χ4n) is 1.55. The SMILES string of the molecule is N#Cc1ccc(F)cc1-c1cccc(Cl)c1F. The van der Waals surface area contributed by atoms with Gasteiger partial charge < -0.3 is 0 Å². The smallest absolute Gasteiger partial charge is 0.149 e. The molecule has 0 heterocycles. The summed E-state index contributed by atoms with van der Waals surface area (Å²) in [7, 11) is 0. The van der Waals surface area contributed by atoms with Gasteiger partial charge in [0.05, 0.1) is 16.7 Å². The normalized spacial score (nSPS) is 10.0. The topological polar surface area (TPSA) is 23.8 Å². The molecule has 0 saturated carbocycles. The van der Waals surface area contributed by atoms with Crippen molar-refractivity contribution in [1.82, 2.24) is 0 Å². The average molecular weight is 250 g/mol. The maximum atomic E-state index is 13.8. The number of rotatable bonds is 1. The lowest BCUT2D eigenvalue weighted by molar-refractivity contribution is 0.624. The molecular weight excluding hydrogens is 244 g/mol. The molecule has 0 spiro atoms. The molecular formula is C13H6ClF2N. The lowest BCUT2D eigenvalue weighted by atomic mass is 10.00. The second-order valence-corrected chi connectivity index (χ2v) is 3.81. The van der Waals surface area contributed by atoms with Crippen LogP contribution in [0.2, 0.25) is 5.02 Å². The Kier molecular flexibility index (Phi) is 3.08. The third-order valence-corrected chi connectivity index (χ3v) is 2.64. The van der Waals surface area contributed by atoms with Crippen molar-refractivity contribution in [3.05, 3.63) is 58.6 Å². The largest absolute Gasteiger partial charge is 0.207 e. The van der Waals surface area contributed by atoms with Crippen LogP contribution in [0.25, 0.3) is 11.1 Å². The van der Waals surface area contributed by atoms with E-state index < -0.39 is 11.6 Å². The van der Waals surface area contributed by atoms with Gasteiger partial charge in [-0.05, 0) is 24.3 Å². The van der Waals surface area contributed by atoms with Gasteiger partial charge in [-0.15, -0.1) is 0 Å². The first-order valence-electron chi connectivity index (χ1n) is 4.77. The van der Waals surface area contributed by atoms with Crippen molar-refractivity contribution in [2.75, 3.05) is 0 Å². The highest BCUT2D eigenvalue weighted by atomic mass is 35.5. The Morgan fingerprint density at radius 3 is 2.53 bits per heavy atom. The summed E-state index contributed by atoms with van der Waals surface area (Å²) in [5, 5.41) is 8.84. The Bertz CT molecular complexity index is 617. The first-order chi connectivity index (χ1) is 8.13. The van der Waals surface area contributed by atoms with Crippen molar-refractivity contribution in [3.63, 3.8) is 0 Å². The molecule has 0 amide bonds. The van der Waals surface area contributed by atoms with Gasteiger partial charge in [0.15, 0.2) is 0 Å². The van der Waals surface area contributed by atoms with Crippen LogP contribution in [0.4, 0.5) is 8.78 Å². The molecule has 0 aliphatic carbocycles. The second-order valence-electron chi connectivity index (χ2n) is 3.40. The van der Waals surface area contributed by atoms with E-state index in [0.717, 1.165) is 12.1 Å². The highest BCUT2D eigenvalue weighted by Gasteiger charge is 2.12. The molecule has 0 bridgehead atoms. The van der Waals surface area contributed by atoms with Gasteiger partial charge in [0.1, 0.15) is 11.6 Å². The maximum absolute atomic E-state index is 13.8. The fraction of sp³-hybridized carbons (Fsp3) is 0. The molecule has 0 aliphatic rings. The summed E-state index contributed by atoms with van der Waals surface area (Å²) >= 11 is 5.65. The number of benzene rings is 2. The molecule has 1 nitrogen and oxygen atoms in total. The third kappa shape index (κ3) is 2.13. The summed E-state index contributed by atoms with van der Waals surface area (Å²) in [4.78, 5) is 0. The minimum absolute atomic E-state index is 0.0596. The van der Waals surface area contributed by atoms with Crippen LogP contribution in [0.1, 0.15) is 5.56 Å². The van der Waals surface area contributed by atoms with Crippen LogP contribution in [0.3, 0.4) is 0 Å². The zero-order valence-corrected chi connectivity index (χ0v) is 9.30. The van der Waals surface area contributed by atoms with Crippen LogP contribution in [-0.2, 0) is 0 Å². The van der Waals surface area contributed by atoms with Crippen molar-refractivity contribution in [2.45, 2.75) is 0 Å². The number of halogens is 3. The van der Waals surface area contributed by atoms with Gasteiger partial charge in [0.2, 0.25) is 0 Å². The van der Waals surface area contributed by atoms with Gasteiger partial charge in [-0.1, -0.05) is 23.7 Å². The Morgan fingerprint density at radius 1 is 1.06 bits per heavy atom. The summed E-state index contributed by atoms with van der Waals surface area (Å²) in [6, 6.07) is 9.88. The van der Waals surface area contributed by atoms with Crippen molar-refractivity contribution in [1.29, 1.82) is 5.26 Å². The Balaban J connectivity index is 2.72. The molecule has 2 aromatic carbocycles. The van der Waals surface area contributed by atoms with Gasteiger partial charge in [-0.3, -0.25) is 0 Å². The Labute approximate surface area is 102 Å². The first-order valence-corrected chi connectivity index (χ1v) is 5.15. The van der Waals surface area contributed by atoms with E-state index in [4.69, 9.17) is 16.9 Å². The Morgan fingerprint density at radius 2 is 1.82 bits per heavy atom. The summed E-state index contributed by atoms with van der Waals surface area (Å²) < 4.78 is 26.9. The molecule has 0 saturated heterocycles. The lowest BCUT2D eigenvalue weighted by Crippen LogP contribution is -1.90. The molecule has 0 unspecified atom stereocenters. The quantitative estimate of drug-likeness (QED) is 0.745. The number of nitriles is 1. The first kappa shape index (κ1) is 11.6. The van der Waals surface area contributed by atoms with Gasteiger partial charge in [-0.2, -0.15) is 5.26 Å². The lowest BCUT2D eigenvalue weighted by Gasteiger charge is -2.06. The Hall–Kier alpha value is -1.92. The molecule has 2 rings (SSSR count). The number of hydrogen-bond acceptors (Lipinski definition) is 1. The molecule has 0 aromatic heterocycles.